The highest BCUT2D eigenvalue weighted by atomic mass is 16.2. The van der Waals surface area contributed by atoms with Crippen LogP contribution in [0.5, 0.6) is 0 Å². The van der Waals surface area contributed by atoms with Crippen molar-refractivity contribution < 1.29 is 9.59 Å². The van der Waals surface area contributed by atoms with Crippen molar-refractivity contribution in [1.82, 2.24) is 0 Å². The maximum absolute atomic E-state index is 9.99. The third-order valence-electron chi connectivity index (χ3n) is 0.374. The summed E-state index contributed by atoms with van der Waals surface area (Å²) < 4.78 is 0. The first-order valence-corrected chi connectivity index (χ1v) is 1.97. The fourth-order valence-electron chi connectivity index (χ4n) is 0.155. The summed E-state index contributed by atoms with van der Waals surface area (Å²) in [5.41, 5.74) is 4.55. The average molecular weight is 114 g/mol. The Balaban J connectivity index is 3.67. The largest absolute Gasteiger partial charge is 0.350 e. The number of hydrogen-bond donors (Lipinski definition) is 1. The highest BCUT2D eigenvalue weighted by Crippen LogP contribution is 1.65. The van der Waals surface area contributed by atoms with Crippen LogP contribution in [0.15, 0.2) is 4.99 Å². The standard InChI is InChI=1S/C4H6N2O2/c1-3(7)2-6-4(5)8/h2H,1H3,(H2,5,8). The summed E-state index contributed by atoms with van der Waals surface area (Å²) in [5, 5.41) is 0. The van der Waals surface area contributed by atoms with Gasteiger partial charge in [0.1, 0.15) is 0 Å². The number of ketones is 1. The maximum atomic E-state index is 9.99. The zero-order chi connectivity index (χ0) is 6.57. The van der Waals surface area contributed by atoms with E-state index in [-0.39, 0.29) is 5.78 Å². The van der Waals surface area contributed by atoms with E-state index < -0.39 is 6.03 Å². The molecule has 0 aliphatic rings. The molecule has 0 heterocycles. The topological polar surface area (TPSA) is 72.5 Å². The molecule has 0 unspecified atom stereocenters. The lowest BCUT2D eigenvalue weighted by atomic mass is 10.5. The molecule has 0 radical (unpaired) electrons. The molecule has 0 rings (SSSR count). The first-order chi connectivity index (χ1) is 3.63. The summed E-state index contributed by atoms with van der Waals surface area (Å²) in [6.45, 7) is 1.28. The molecular formula is C4H6N2O2. The second-order valence-electron chi connectivity index (χ2n) is 1.21. The Hall–Kier alpha value is -1.19. The fraction of sp³-hybridized carbons (Fsp3) is 0.250. The van der Waals surface area contributed by atoms with E-state index in [4.69, 9.17) is 0 Å². The number of aliphatic imine (C=N–C) groups is 1. The highest BCUT2D eigenvalue weighted by molar-refractivity contribution is 6.27. The fourth-order valence-corrected chi connectivity index (χ4v) is 0.155. The first-order valence-electron chi connectivity index (χ1n) is 1.97. The lowest BCUT2D eigenvalue weighted by Crippen LogP contribution is -2.05. The van der Waals surface area contributed by atoms with Crippen molar-refractivity contribution in [3.8, 4) is 0 Å². The van der Waals surface area contributed by atoms with Gasteiger partial charge in [-0.1, -0.05) is 0 Å². The molecule has 0 aliphatic heterocycles. The highest BCUT2D eigenvalue weighted by Gasteiger charge is 1.84. The van der Waals surface area contributed by atoms with Crippen LogP contribution in [0, 0.1) is 0 Å². The van der Waals surface area contributed by atoms with Crippen molar-refractivity contribution in [2.75, 3.05) is 0 Å². The molecule has 0 spiro atoms. The summed E-state index contributed by atoms with van der Waals surface area (Å²) in [7, 11) is 0. The van der Waals surface area contributed by atoms with Crippen LogP contribution in [0.4, 0.5) is 4.79 Å². The number of carbonyl (C=O) groups excluding carboxylic acids is 2. The van der Waals surface area contributed by atoms with Crippen LogP contribution in [0.25, 0.3) is 0 Å². The predicted molar refractivity (Wildman–Crippen MR) is 28.8 cm³/mol. The molecule has 0 aromatic heterocycles. The number of rotatable bonds is 1. The number of carbonyl (C=O) groups is 2. The number of nitrogens with two attached hydrogens (primary N) is 1. The molecule has 0 aromatic rings. The Morgan fingerprint density at radius 1 is 1.62 bits per heavy atom. The van der Waals surface area contributed by atoms with E-state index >= 15 is 0 Å². The van der Waals surface area contributed by atoms with Gasteiger partial charge in [-0.2, -0.15) is 4.99 Å². The van der Waals surface area contributed by atoms with Gasteiger partial charge in [-0.25, -0.2) is 4.79 Å². The van der Waals surface area contributed by atoms with Gasteiger partial charge in [-0.3, -0.25) is 4.79 Å². The molecule has 44 valence electrons. The molecule has 0 aromatic carbocycles. The molecule has 0 atom stereocenters. The smallest absolute Gasteiger partial charge is 0.338 e. The number of urea groups is 1. The molecule has 0 bridgehead atoms. The van der Waals surface area contributed by atoms with Gasteiger partial charge in [-0.15, -0.1) is 0 Å². The summed E-state index contributed by atoms with van der Waals surface area (Å²) in [6.07, 6.45) is 0.877. The average Bonchev–Trinajstić information content (AvgIpc) is 1.61. The van der Waals surface area contributed by atoms with E-state index in [9.17, 15) is 9.59 Å². The Kier molecular flexibility index (Phi) is 2.47. The normalized spacial score (nSPS) is 9.62. The van der Waals surface area contributed by atoms with Crippen LogP contribution in [-0.4, -0.2) is 18.0 Å². The van der Waals surface area contributed by atoms with Crippen molar-refractivity contribution in [1.29, 1.82) is 0 Å². The van der Waals surface area contributed by atoms with Gasteiger partial charge in [0.15, 0.2) is 5.78 Å². The molecule has 8 heavy (non-hydrogen) atoms. The summed E-state index contributed by atoms with van der Waals surface area (Å²) >= 11 is 0. The van der Waals surface area contributed by atoms with Crippen LogP contribution in [0.2, 0.25) is 0 Å². The van der Waals surface area contributed by atoms with Crippen molar-refractivity contribution in [2.45, 2.75) is 6.92 Å². The molecular weight excluding hydrogens is 108 g/mol. The summed E-state index contributed by atoms with van der Waals surface area (Å²) in [5.74, 6) is -0.288. The van der Waals surface area contributed by atoms with Crippen LogP contribution >= 0.6 is 0 Å². The SMILES string of the molecule is CC(=O)C=NC(N)=O. The number of primary amides is 1. The van der Waals surface area contributed by atoms with Gasteiger partial charge in [0.2, 0.25) is 0 Å². The molecule has 0 saturated heterocycles. The zero-order valence-corrected chi connectivity index (χ0v) is 4.42. The van der Waals surface area contributed by atoms with Gasteiger partial charge in [0.25, 0.3) is 0 Å². The van der Waals surface area contributed by atoms with Crippen molar-refractivity contribution in [2.24, 2.45) is 10.7 Å². The Labute approximate surface area is 46.4 Å². The van der Waals surface area contributed by atoms with Gasteiger partial charge < -0.3 is 5.73 Å². The molecule has 2 N–H and O–H groups in total. The van der Waals surface area contributed by atoms with E-state index in [0.29, 0.717) is 0 Å². The zero-order valence-electron chi connectivity index (χ0n) is 4.42. The minimum atomic E-state index is -0.847. The lowest BCUT2D eigenvalue weighted by Gasteiger charge is -1.75. The summed E-state index contributed by atoms with van der Waals surface area (Å²) in [4.78, 5) is 22.8. The lowest BCUT2D eigenvalue weighted by molar-refractivity contribution is -0.110. The van der Waals surface area contributed by atoms with E-state index in [1.165, 1.54) is 6.92 Å². The van der Waals surface area contributed by atoms with Crippen molar-refractivity contribution in [3.05, 3.63) is 0 Å². The minimum Gasteiger partial charge on any atom is -0.350 e. The van der Waals surface area contributed by atoms with E-state index in [1.54, 1.807) is 0 Å². The van der Waals surface area contributed by atoms with E-state index in [2.05, 4.69) is 10.7 Å². The Morgan fingerprint density at radius 3 is 2.25 bits per heavy atom. The monoisotopic (exact) mass is 114 g/mol. The van der Waals surface area contributed by atoms with E-state index in [1.807, 2.05) is 0 Å². The molecule has 0 fully saturated rings. The van der Waals surface area contributed by atoms with Crippen LogP contribution < -0.4 is 5.73 Å². The summed E-state index contributed by atoms with van der Waals surface area (Å²) in [6, 6.07) is -0.847. The van der Waals surface area contributed by atoms with E-state index in [0.717, 1.165) is 6.21 Å². The number of amides is 2. The molecule has 0 saturated carbocycles. The third kappa shape index (κ3) is 4.81. The quantitative estimate of drug-likeness (QED) is 0.476. The van der Waals surface area contributed by atoms with Crippen LogP contribution in [0.1, 0.15) is 6.92 Å². The third-order valence-corrected chi connectivity index (χ3v) is 0.374. The molecule has 4 nitrogen and oxygen atoms in total. The first kappa shape index (κ1) is 6.81. The van der Waals surface area contributed by atoms with Gasteiger partial charge in [0.05, 0.1) is 6.21 Å². The van der Waals surface area contributed by atoms with Crippen LogP contribution in [-0.2, 0) is 4.79 Å². The van der Waals surface area contributed by atoms with Crippen molar-refractivity contribution >= 4 is 18.0 Å². The van der Waals surface area contributed by atoms with Gasteiger partial charge in [-0.05, 0) is 0 Å². The molecule has 0 aliphatic carbocycles. The van der Waals surface area contributed by atoms with Gasteiger partial charge in [0, 0.05) is 6.92 Å². The second kappa shape index (κ2) is 2.90. The molecule has 2 amide bonds. The van der Waals surface area contributed by atoms with Crippen molar-refractivity contribution in [3.63, 3.8) is 0 Å². The predicted octanol–water partition coefficient (Wildman–Crippen LogP) is -0.275. The number of Topliss-reactive ketones (excluding diaryl/α,β-unsaturated/α-hetero) is 1. The number of nitrogens with zero attached hydrogens (tertiary/aromatic N) is 1. The Bertz CT molecular complexity index is 123. The number of hydrogen-bond acceptors (Lipinski definition) is 2. The minimum absolute atomic E-state index is 0.288. The maximum Gasteiger partial charge on any atom is 0.338 e. The van der Waals surface area contributed by atoms with Gasteiger partial charge >= 0.3 is 6.03 Å². The van der Waals surface area contributed by atoms with Crippen LogP contribution in [0.3, 0.4) is 0 Å². The molecule has 4 heteroatoms. The Morgan fingerprint density at radius 2 is 2.12 bits per heavy atom. The second-order valence-corrected chi connectivity index (χ2v) is 1.21.